The number of alkyl halides is 3. The molecule has 0 saturated carbocycles. The number of pyridine rings is 1. The van der Waals surface area contributed by atoms with E-state index >= 15 is 0 Å². The molecule has 1 N–H and O–H groups in total. The molecule has 3 unspecified atom stereocenters. The minimum atomic E-state index is -4.80. The average molecular weight is 597 g/mol. The lowest BCUT2D eigenvalue weighted by atomic mass is 9.84. The van der Waals surface area contributed by atoms with Gasteiger partial charge >= 0.3 is 11.0 Å². The number of imide groups is 1. The second-order valence-electron chi connectivity index (χ2n) is 9.39. The maximum Gasteiger partial charge on any atom is 0.418 e. The highest BCUT2D eigenvalue weighted by Crippen LogP contribution is 2.54. The number of thiazole rings is 1. The van der Waals surface area contributed by atoms with Crippen LogP contribution in [0.15, 0.2) is 88.9 Å². The van der Waals surface area contributed by atoms with Crippen LogP contribution in [0.25, 0.3) is 0 Å². The zero-order valence-electron chi connectivity index (χ0n) is 20.9. The van der Waals surface area contributed by atoms with Crippen LogP contribution >= 0.6 is 23.1 Å². The summed E-state index contributed by atoms with van der Waals surface area (Å²) in [5.41, 5.74) is -0.588. The Kier molecular flexibility index (Phi) is 6.78. The van der Waals surface area contributed by atoms with Gasteiger partial charge in [-0.25, -0.2) is 4.90 Å². The SMILES string of the molecule is O=C(Cn1c2c(sc1=O)C(c1cccnc1)C1C(=O)N(c3ccccc3C(F)(F)F)C(=O)C1S2)Nc1ccccc1. The minimum absolute atomic E-state index is 0.324. The van der Waals surface area contributed by atoms with E-state index in [2.05, 4.69) is 10.3 Å². The predicted molar refractivity (Wildman–Crippen MR) is 147 cm³/mol. The number of carbonyl (C=O) groups excluding carboxylic acids is 3. The fourth-order valence-corrected chi connectivity index (χ4v) is 7.96. The monoisotopic (exact) mass is 596 g/mol. The molecule has 0 aliphatic carbocycles. The topological polar surface area (TPSA) is 101 Å². The first-order chi connectivity index (χ1) is 19.6. The van der Waals surface area contributed by atoms with Crippen LogP contribution < -0.4 is 15.1 Å². The summed E-state index contributed by atoms with van der Waals surface area (Å²) in [6.45, 7) is -0.355. The Labute approximate surface area is 238 Å². The number of rotatable bonds is 5. The van der Waals surface area contributed by atoms with Crippen molar-refractivity contribution < 1.29 is 27.6 Å². The van der Waals surface area contributed by atoms with Crippen molar-refractivity contribution >= 4 is 52.2 Å². The summed E-state index contributed by atoms with van der Waals surface area (Å²) in [4.78, 5) is 58.3. The number of aromatic nitrogens is 2. The van der Waals surface area contributed by atoms with Crippen molar-refractivity contribution in [3.8, 4) is 0 Å². The van der Waals surface area contributed by atoms with E-state index in [1.807, 2.05) is 0 Å². The molecular weight excluding hydrogens is 577 g/mol. The van der Waals surface area contributed by atoms with Crippen molar-refractivity contribution in [3.05, 3.63) is 105 Å². The van der Waals surface area contributed by atoms with Crippen LogP contribution in [-0.2, 0) is 27.1 Å². The Morgan fingerprint density at radius 2 is 1.68 bits per heavy atom. The Morgan fingerprint density at radius 1 is 0.951 bits per heavy atom. The van der Waals surface area contributed by atoms with Gasteiger partial charge in [0.2, 0.25) is 17.7 Å². The molecule has 4 heterocycles. The van der Waals surface area contributed by atoms with Crippen LogP contribution in [0.3, 0.4) is 0 Å². The number of nitrogens with zero attached hydrogens (tertiary/aromatic N) is 3. The molecule has 8 nitrogen and oxygen atoms in total. The summed E-state index contributed by atoms with van der Waals surface area (Å²) in [5.74, 6) is -4.01. The molecule has 2 aromatic heterocycles. The number of nitrogens with one attached hydrogen (secondary N) is 1. The van der Waals surface area contributed by atoms with Crippen LogP contribution in [0.2, 0.25) is 0 Å². The summed E-state index contributed by atoms with van der Waals surface area (Å²) >= 11 is 1.77. The molecule has 0 bridgehead atoms. The Balaban J connectivity index is 1.43. The van der Waals surface area contributed by atoms with E-state index in [0.29, 0.717) is 26.1 Å². The molecule has 3 amide bonds. The predicted octanol–water partition coefficient (Wildman–Crippen LogP) is 4.76. The van der Waals surface area contributed by atoms with Gasteiger partial charge < -0.3 is 5.32 Å². The average Bonchev–Trinajstić information content (AvgIpc) is 3.39. The van der Waals surface area contributed by atoms with Crippen molar-refractivity contribution in [2.45, 2.75) is 28.9 Å². The Morgan fingerprint density at radius 3 is 2.39 bits per heavy atom. The molecule has 2 aromatic carbocycles. The van der Waals surface area contributed by atoms with E-state index < -0.39 is 57.1 Å². The normalized spacial score (nSPS) is 20.1. The summed E-state index contributed by atoms with van der Waals surface area (Å²) in [7, 11) is 0. The maximum absolute atomic E-state index is 13.9. The number of fused-ring (bicyclic) bond motifs is 2. The molecule has 13 heteroatoms. The third-order valence-corrected chi connectivity index (χ3v) is 9.51. The number of halogens is 3. The van der Waals surface area contributed by atoms with Crippen LogP contribution in [0.1, 0.15) is 21.9 Å². The zero-order valence-corrected chi connectivity index (χ0v) is 22.5. The molecule has 0 radical (unpaired) electrons. The van der Waals surface area contributed by atoms with Gasteiger partial charge in [0, 0.05) is 28.9 Å². The first-order valence-corrected chi connectivity index (χ1v) is 14.0. The van der Waals surface area contributed by atoms with Crippen molar-refractivity contribution in [2.75, 3.05) is 10.2 Å². The van der Waals surface area contributed by atoms with Crippen LogP contribution in [-0.4, -0.2) is 32.5 Å². The highest BCUT2D eigenvalue weighted by molar-refractivity contribution is 8.00. The number of hydrogen-bond donors (Lipinski definition) is 1. The standard InChI is InChI=1S/C28H19F3N4O4S2/c29-28(30,31)17-10-4-5-11-18(17)35-24(37)21-20(15-7-6-12-32-13-15)23-26(40-22(21)25(35)38)34(27(39)41-23)14-19(36)33-16-8-2-1-3-9-16/h1-13,20-22H,14H2,(H,33,36). The molecule has 6 rings (SSSR count). The summed E-state index contributed by atoms with van der Waals surface area (Å²) in [5, 5.41) is 1.92. The third kappa shape index (κ3) is 4.74. The summed E-state index contributed by atoms with van der Waals surface area (Å²) in [6, 6.07) is 16.4. The van der Waals surface area contributed by atoms with Gasteiger partial charge in [-0.2, -0.15) is 13.2 Å². The molecule has 0 spiro atoms. The first kappa shape index (κ1) is 27.0. The van der Waals surface area contributed by atoms with Crippen molar-refractivity contribution in [3.63, 3.8) is 0 Å². The van der Waals surface area contributed by atoms with E-state index in [9.17, 15) is 32.3 Å². The van der Waals surface area contributed by atoms with Gasteiger partial charge in [-0.05, 0) is 35.9 Å². The van der Waals surface area contributed by atoms with E-state index in [0.717, 1.165) is 35.2 Å². The van der Waals surface area contributed by atoms with Crippen molar-refractivity contribution in [1.29, 1.82) is 0 Å². The quantitative estimate of drug-likeness (QED) is 0.334. The lowest BCUT2D eigenvalue weighted by molar-refractivity contribution is -0.137. The van der Waals surface area contributed by atoms with E-state index in [4.69, 9.17) is 0 Å². The molecule has 2 aliphatic rings. The van der Waals surface area contributed by atoms with Gasteiger partial charge in [-0.15, -0.1) is 0 Å². The number of amides is 3. The van der Waals surface area contributed by atoms with E-state index in [1.165, 1.54) is 29.1 Å². The molecule has 208 valence electrons. The third-order valence-electron chi connectivity index (χ3n) is 6.90. The Bertz CT molecular complexity index is 1720. The van der Waals surface area contributed by atoms with Gasteiger partial charge in [0.15, 0.2) is 0 Å². The second kappa shape index (κ2) is 10.3. The van der Waals surface area contributed by atoms with Crippen LogP contribution in [0, 0.1) is 5.92 Å². The van der Waals surface area contributed by atoms with E-state index in [-0.39, 0.29) is 6.54 Å². The second-order valence-corrected chi connectivity index (χ2v) is 11.5. The number of carbonyl (C=O) groups is 3. The van der Waals surface area contributed by atoms with Gasteiger partial charge in [-0.3, -0.25) is 28.7 Å². The van der Waals surface area contributed by atoms with Gasteiger partial charge in [0.1, 0.15) is 11.8 Å². The van der Waals surface area contributed by atoms with Gasteiger partial charge in [0.05, 0.1) is 22.2 Å². The fourth-order valence-electron chi connectivity index (χ4n) is 5.19. The van der Waals surface area contributed by atoms with Crippen LogP contribution in [0.5, 0.6) is 0 Å². The maximum atomic E-state index is 13.9. The number of anilines is 2. The molecule has 1 saturated heterocycles. The number of benzene rings is 2. The Hall–Kier alpha value is -4.23. The minimum Gasteiger partial charge on any atom is -0.325 e. The lowest BCUT2D eigenvalue weighted by Crippen LogP contribution is -2.33. The number of thioether (sulfide) groups is 1. The van der Waals surface area contributed by atoms with Crippen molar-refractivity contribution in [2.24, 2.45) is 5.92 Å². The number of para-hydroxylation sites is 2. The van der Waals surface area contributed by atoms with Gasteiger partial charge in [0.25, 0.3) is 0 Å². The van der Waals surface area contributed by atoms with Crippen molar-refractivity contribution in [1.82, 2.24) is 9.55 Å². The molecule has 4 aromatic rings. The summed E-state index contributed by atoms with van der Waals surface area (Å²) < 4.78 is 42.9. The number of hydrogen-bond acceptors (Lipinski definition) is 7. The molecular formula is C28H19F3N4O4S2. The smallest absolute Gasteiger partial charge is 0.325 e. The highest BCUT2D eigenvalue weighted by atomic mass is 32.2. The molecule has 41 heavy (non-hydrogen) atoms. The van der Waals surface area contributed by atoms with Gasteiger partial charge in [-0.1, -0.05) is 59.5 Å². The highest BCUT2D eigenvalue weighted by Gasteiger charge is 2.57. The largest absolute Gasteiger partial charge is 0.418 e. The fraction of sp³-hybridized carbons (Fsp3) is 0.179. The summed E-state index contributed by atoms with van der Waals surface area (Å²) in [6.07, 6.45) is -1.78. The zero-order chi connectivity index (χ0) is 28.9. The molecule has 3 atom stereocenters. The molecule has 1 fully saturated rings. The molecule has 2 aliphatic heterocycles. The van der Waals surface area contributed by atoms with Crippen LogP contribution in [0.4, 0.5) is 24.5 Å². The lowest BCUT2D eigenvalue weighted by Gasteiger charge is -2.30. The first-order valence-electron chi connectivity index (χ1n) is 12.3. The van der Waals surface area contributed by atoms with E-state index in [1.54, 1.807) is 42.5 Å².